The van der Waals surface area contributed by atoms with E-state index in [1.807, 2.05) is 0 Å². The second-order valence-electron chi connectivity index (χ2n) is 0.577. The molecule has 0 spiro atoms. The molecule has 0 rings (SSSR count). The minimum Gasteiger partial charge on any atom is -0.907 e. The molecule has 0 atom stereocenters. The van der Waals surface area contributed by atoms with Crippen molar-refractivity contribution < 1.29 is 30.1 Å². The quantitative estimate of drug-likeness (QED) is 0.286. The molecule has 0 aliphatic carbocycles. The monoisotopic (exact) mass is 532 g/mol. The van der Waals surface area contributed by atoms with Crippen LogP contribution in [0, 0.1) is 0 Å². The van der Waals surface area contributed by atoms with Crippen LogP contribution in [0.3, 0.4) is 0 Å². The molecular weight excluding hydrogens is 530 g/mol. The minimum absolute atomic E-state index is 0. The molecule has 0 N–H and O–H groups in total. The van der Waals surface area contributed by atoms with Gasteiger partial charge in [-0.15, -0.1) is 0 Å². The molecule has 0 aromatic carbocycles. The fraction of sp³-hybridized carbons (Fsp3) is 0. The van der Waals surface area contributed by atoms with E-state index in [-0.39, 0.29) is 147 Å². The molecule has 0 amide bonds. The normalized spacial score (nSPS) is 4.91. The van der Waals surface area contributed by atoms with Gasteiger partial charge in [-0.2, -0.15) is 0 Å². The summed E-state index contributed by atoms with van der Waals surface area (Å²) in [6.45, 7) is 0. The Morgan fingerprint density at radius 1 is 0.455 bits per heavy atom. The molecule has 0 aromatic rings. The summed E-state index contributed by atoms with van der Waals surface area (Å²) >= 11 is 0. The van der Waals surface area contributed by atoms with E-state index in [0.717, 1.165) is 0 Å². The van der Waals surface area contributed by atoms with E-state index in [2.05, 4.69) is 0 Å². The predicted octanol–water partition coefficient (Wildman–Crippen LogP) is -9.04. The average molecular weight is 530 g/mol. The van der Waals surface area contributed by atoms with Crippen LogP contribution in [0.2, 0.25) is 0 Å². The molecule has 0 saturated carbocycles. The van der Waals surface area contributed by atoms with Gasteiger partial charge in [-0.3, -0.25) is 14.6 Å². The first-order valence-corrected chi connectivity index (χ1v) is 1.41. The van der Waals surface area contributed by atoms with Crippen molar-refractivity contribution in [1.82, 2.24) is 0 Å². The van der Waals surface area contributed by atoms with E-state index in [4.69, 9.17) is 30.1 Å². The predicted molar refractivity (Wildman–Crippen MR) is 28.8 cm³/mol. The zero-order valence-corrected chi connectivity index (χ0v) is 19.0. The van der Waals surface area contributed by atoms with Gasteiger partial charge in [0.2, 0.25) is 0 Å². The Hall–Kier alpha value is 4.60. The van der Waals surface area contributed by atoms with Gasteiger partial charge in [0, 0.05) is 0 Å². The molecule has 0 unspecified atom stereocenters. The minimum atomic E-state index is -2.92. The molecule has 0 aromatic heterocycles. The summed E-state index contributed by atoms with van der Waals surface area (Å²) in [5, 5.41) is 50.5. The third-order valence-electron chi connectivity index (χ3n) is 0. The molecular formula is B2Ba3O6. The number of hydrogen-bond acceptors (Lipinski definition) is 6. The molecule has 6 nitrogen and oxygen atoms in total. The van der Waals surface area contributed by atoms with Crippen molar-refractivity contribution in [2.75, 3.05) is 0 Å². The summed E-state index contributed by atoms with van der Waals surface area (Å²) in [4.78, 5) is 0. The maximum Gasteiger partial charge on any atom is 2.00 e. The molecule has 11 heteroatoms. The molecule has 0 aliphatic rings. The van der Waals surface area contributed by atoms with Crippen molar-refractivity contribution in [3.8, 4) is 0 Å². The fourth-order valence-electron chi connectivity index (χ4n) is 0. The molecule has 0 aliphatic heterocycles. The Kier molecular flexibility index (Phi) is 64.7. The van der Waals surface area contributed by atoms with Gasteiger partial charge in [0.05, 0.1) is 0 Å². The summed E-state index contributed by atoms with van der Waals surface area (Å²) < 4.78 is 0. The van der Waals surface area contributed by atoms with Gasteiger partial charge in [0.25, 0.3) is 0 Å². The standard InChI is InChI=1S/2BO3.3Ba/c2*2-1(3)4;;;/q2*-3;3*+2. The van der Waals surface area contributed by atoms with Crippen LogP contribution >= 0.6 is 0 Å². The van der Waals surface area contributed by atoms with E-state index in [9.17, 15) is 0 Å². The summed E-state index contributed by atoms with van der Waals surface area (Å²) in [6.07, 6.45) is 0. The van der Waals surface area contributed by atoms with Crippen molar-refractivity contribution in [3.63, 3.8) is 0 Å². The van der Waals surface area contributed by atoms with Crippen LogP contribution in [-0.2, 0) is 0 Å². The first kappa shape index (κ1) is 29.6. The van der Waals surface area contributed by atoms with Crippen LogP contribution in [0.1, 0.15) is 0 Å². The number of hydrogen-bond donors (Lipinski definition) is 0. The van der Waals surface area contributed by atoms with Crippen LogP contribution in [-0.4, -0.2) is 161 Å². The van der Waals surface area contributed by atoms with Gasteiger partial charge in [-0.1, -0.05) is 0 Å². The van der Waals surface area contributed by atoms with E-state index in [1.165, 1.54) is 0 Å². The van der Waals surface area contributed by atoms with Crippen molar-refractivity contribution in [2.45, 2.75) is 0 Å². The van der Waals surface area contributed by atoms with Crippen LogP contribution in [0.25, 0.3) is 0 Å². The van der Waals surface area contributed by atoms with Crippen molar-refractivity contribution in [3.05, 3.63) is 0 Å². The third-order valence-corrected chi connectivity index (χ3v) is 0. The molecule has 0 fully saturated rings. The Morgan fingerprint density at radius 3 is 0.455 bits per heavy atom. The third kappa shape index (κ3) is 109. The Bertz CT molecular complexity index is 31.3. The molecule has 0 bridgehead atoms. The van der Waals surface area contributed by atoms with Crippen molar-refractivity contribution >= 4 is 161 Å². The number of rotatable bonds is 0. The van der Waals surface area contributed by atoms with Gasteiger partial charge in [-0.05, 0) is 0 Å². The van der Waals surface area contributed by atoms with Crippen molar-refractivity contribution in [2.24, 2.45) is 0 Å². The van der Waals surface area contributed by atoms with Gasteiger partial charge < -0.3 is 30.1 Å². The zero-order chi connectivity index (χ0) is 7.15. The van der Waals surface area contributed by atoms with Crippen LogP contribution in [0.5, 0.6) is 0 Å². The Balaban J connectivity index is -0.0000000171. The van der Waals surface area contributed by atoms with Crippen molar-refractivity contribution in [1.29, 1.82) is 0 Å². The Morgan fingerprint density at radius 2 is 0.455 bits per heavy atom. The molecule has 11 heavy (non-hydrogen) atoms. The van der Waals surface area contributed by atoms with Gasteiger partial charge in [0.1, 0.15) is 0 Å². The topological polar surface area (TPSA) is 138 Å². The average Bonchev–Trinajstić information content (AvgIpc) is 1.25. The first-order chi connectivity index (χ1) is 3.46. The molecule has 0 heterocycles. The fourth-order valence-corrected chi connectivity index (χ4v) is 0. The second-order valence-corrected chi connectivity index (χ2v) is 0.577. The summed E-state index contributed by atoms with van der Waals surface area (Å²) in [5.74, 6) is 0. The summed E-state index contributed by atoms with van der Waals surface area (Å²) in [5.41, 5.74) is 0. The molecule has 48 valence electrons. The smallest absolute Gasteiger partial charge is 0.907 e. The molecule has 0 radical (unpaired) electrons. The van der Waals surface area contributed by atoms with E-state index < -0.39 is 14.6 Å². The SMILES string of the molecule is [Ba+2].[Ba+2].[Ba+2].[O-]B([O-])[O-].[O-]B([O-])[O-]. The zero-order valence-electron chi connectivity index (χ0n) is 5.73. The van der Waals surface area contributed by atoms with Gasteiger partial charge in [-0.25, -0.2) is 0 Å². The summed E-state index contributed by atoms with van der Waals surface area (Å²) in [6, 6.07) is 0. The van der Waals surface area contributed by atoms with E-state index in [1.54, 1.807) is 0 Å². The largest absolute Gasteiger partial charge is 2.00 e. The molecule has 0 saturated heterocycles. The summed E-state index contributed by atoms with van der Waals surface area (Å²) in [7, 11) is -5.83. The van der Waals surface area contributed by atoms with Gasteiger partial charge >= 0.3 is 147 Å². The van der Waals surface area contributed by atoms with E-state index >= 15 is 0 Å². The second kappa shape index (κ2) is 24.0. The van der Waals surface area contributed by atoms with Crippen LogP contribution in [0.4, 0.5) is 0 Å². The first-order valence-electron chi connectivity index (χ1n) is 1.41. The maximum absolute atomic E-state index is 8.42. The Labute approximate surface area is 186 Å². The van der Waals surface area contributed by atoms with Crippen LogP contribution in [0.15, 0.2) is 0 Å². The van der Waals surface area contributed by atoms with Gasteiger partial charge in [0.15, 0.2) is 0 Å². The van der Waals surface area contributed by atoms with Crippen LogP contribution < -0.4 is 30.1 Å². The maximum atomic E-state index is 8.42. The van der Waals surface area contributed by atoms with E-state index in [0.29, 0.717) is 0 Å².